The largest absolute Gasteiger partial charge is 0.475 e. The first kappa shape index (κ1) is 25.3. The number of aliphatic hydroxyl groups is 2. The normalized spacial score (nSPS) is 26.6. The number of fused-ring (bicyclic) bond motifs is 1. The second-order valence-electron chi connectivity index (χ2n) is 8.39. The number of phosphoric acid groups is 1. The maximum atomic E-state index is 13.0. The number of hydrogen-bond acceptors (Lipinski definition) is 11. The zero-order valence-corrected chi connectivity index (χ0v) is 20.2. The molecule has 0 amide bonds. The van der Waals surface area contributed by atoms with Crippen molar-refractivity contribution in [3.63, 3.8) is 0 Å². The lowest BCUT2D eigenvalue weighted by Crippen LogP contribution is -2.41. The van der Waals surface area contributed by atoms with Crippen LogP contribution in [0.1, 0.15) is 40.8 Å². The number of anilines is 1. The van der Waals surface area contributed by atoms with Gasteiger partial charge in [0.25, 0.3) is 0 Å². The number of hydrogen-bond donors (Lipinski definition) is 3. The van der Waals surface area contributed by atoms with Crippen molar-refractivity contribution in [3.8, 4) is 0 Å². The molecule has 4 atom stereocenters. The van der Waals surface area contributed by atoms with E-state index in [4.69, 9.17) is 35.6 Å². The molecule has 1 saturated heterocycles. The minimum Gasteiger partial charge on any atom is -0.396 e. The van der Waals surface area contributed by atoms with Crippen LogP contribution in [-0.2, 0) is 22.9 Å². The molecule has 32 heavy (non-hydrogen) atoms. The third kappa shape index (κ3) is 4.92. The highest BCUT2D eigenvalue weighted by atomic mass is 35.5. The van der Waals surface area contributed by atoms with Crippen molar-refractivity contribution in [2.45, 2.75) is 65.3 Å². The van der Waals surface area contributed by atoms with Gasteiger partial charge in [-0.1, -0.05) is 6.92 Å². The fourth-order valence-corrected chi connectivity index (χ4v) is 5.21. The Labute approximate surface area is 190 Å². The van der Waals surface area contributed by atoms with Gasteiger partial charge in [-0.15, -0.1) is 0 Å². The molecule has 12 nitrogen and oxygen atoms in total. The topological polar surface area (TPSA) is 164 Å². The molecule has 4 N–H and O–H groups in total. The van der Waals surface area contributed by atoms with Gasteiger partial charge in [0.15, 0.2) is 11.5 Å². The number of nitrogens with zero attached hydrogens (tertiary/aromatic N) is 4. The number of rotatable bonds is 9. The summed E-state index contributed by atoms with van der Waals surface area (Å²) in [6.07, 6.45) is -2.51. The Kier molecular flexibility index (Phi) is 7.48. The molecule has 3 heterocycles. The molecule has 0 radical (unpaired) electrons. The molecule has 0 saturated carbocycles. The van der Waals surface area contributed by atoms with Gasteiger partial charge < -0.3 is 20.7 Å². The molecule has 14 heteroatoms. The van der Waals surface area contributed by atoms with Gasteiger partial charge in [0.2, 0.25) is 5.28 Å². The number of imidazole rings is 1. The molecule has 1 aliphatic rings. The maximum Gasteiger partial charge on any atom is 0.475 e. The lowest BCUT2D eigenvalue weighted by Gasteiger charge is -2.31. The average Bonchev–Trinajstić information content (AvgIpc) is 3.19. The van der Waals surface area contributed by atoms with Crippen molar-refractivity contribution in [2.75, 3.05) is 18.9 Å². The second-order valence-corrected chi connectivity index (χ2v) is 10.3. The molecule has 1 aliphatic heterocycles. The first-order valence-corrected chi connectivity index (χ1v) is 12.0. The van der Waals surface area contributed by atoms with Crippen molar-refractivity contribution < 1.29 is 33.1 Å². The van der Waals surface area contributed by atoms with Gasteiger partial charge in [-0.05, 0) is 39.3 Å². The molecule has 180 valence electrons. The Morgan fingerprint density at radius 1 is 1.31 bits per heavy atom. The fourth-order valence-electron chi connectivity index (χ4n) is 3.50. The molecular weight excluding hydrogens is 465 g/mol. The third-order valence-electron chi connectivity index (χ3n) is 4.99. The molecule has 2 aromatic rings. The summed E-state index contributed by atoms with van der Waals surface area (Å²) in [6.45, 7) is 7.67. The third-order valence-corrected chi connectivity index (χ3v) is 6.98. The Morgan fingerprint density at radius 3 is 2.50 bits per heavy atom. The quantitative estimate of drug-likeness (QED) is 0.346. The van der Waals surface area contributed by atoms with Gasteiger partial charge in [-0.2, -0.15) is 9.97 Å². The molecule has 1 unspecified atom stereocenters. The summed E-state index contributed by atoms with van der Waals surface area (Å²) in [5.74, 6) is 0.0838. The molecule has 0 aliphatic carbocycles. The highest BCUT2D eigenvalue weighted by Crippen LogP contribution is 2.53. The smallest absolute Gasteiger partial charge is 0.396 e. The van der Waals surface area contributed by atoms with Crippen LogP contribution in [0, 0.1) is 5.41 Å². The van der Waals surface area contributed by atoms with E-state index in [1.165, 1.54) is 10.9 Å². The van der Waals surface area contributed by atoms with Crippen molar-refractivity contribution >= 4 is 36.4 Å². The Hall–Kier alpha value is -1.37. The van der Waals surface area contributed by atoms with E-state index in [2.05, 4.69) is 15.0 Å². The van der Waals surface area contributed by atoms with E-state index in [9.17, 15) is 14.8 Å². The molecule has 3 rings (SSSR count). The minimum absolute atomic E-state index is 0.0838. The molecular formula is C18H29ClN5O7P. The average molecular weight is 494 g/mol. The zero-order chi connectivity index (χ0) is 23.8. The highest BCUT2D eigenvalue weighted by Gasteiger charge is 2.54. The predicted molar refractivity (Wildman–Crippen MR) is 116 cm³/mol. The first-order valence-electron chi connectivity index (χ1n) is 10.1. The van der Waals surface area contributed by atoms with Crippen molar-refractivity contribution in [2.24, 2.45) is 5.41 Å². The molecule has 2 aromatic heterocycles. The van der Waals surface area contributed by atoms with Crippen molar-refractivity contribution in [3.05, 3.63) is 11.6 Å². The van der Waals surface area contributed by atoms with Gasteiger partial charge in [-0.25, -0.2) is 9.55 Å². The molecule has 0 spiro atoms. The van der Waals surface area contributed by atoms with E-state index < -0.39 is 50.5 Å². The second kappa shape index (κ2) is 9.47. The summed E-state index contributed by atoms with van der Waals surface area (Å²) < 4.78 is 36.7. The van der Waals surface area contributed by atoms with Crippen LogP contribution in [0.3, 0.4) is 0 Å². The van der Waals surface area contributed by atoms with Gasteiger partial charge in [0.05, 0.1) is 43.3 Å². The zero-order valence-electron chi connectivity index (χ0n) is 18.5. The van der Waals surface area contributed by atoms with Crippen LogP contribution in [0.2, 0.25) is 5.28 Å². The number of ether oxygens (including phenoxy) is 1. The van der Waals surface area contributed by atoms with E-state index in [0.29, 0.717) is 5.52 Å². The van der Waals surface area contributed by atoms with Crippen LogP contribution in [0.25, 0.3) is 11.2 Å². The standard InChI is InChI=1S/C18H29ClN5O7P/c1-9(2)30-32(27,31-10(3)4)28-6-11-13(26)18(5,7-25)16(29-11)24-8-21-12-14(20)22-17(19)23-15(12)24/h8-11,13,16,25-26H,6-7H2,1-5H3,(H2,20,22,23)/t11-,13?,16-,18+/m1/s1. The number of nitrogens with two attached hydrogens (primary N) is 1. The van der Waals surface area contributed by atoms with Crippen LogP contribution < -0.4 is 5.73 Å². The lowest BCUT2D eigenvalue weighted by atomic mass is 9.83. The van der Waals surface area contributed by atoms with Crippen LogP contribution in [0.15, 0.2) is 6.33 Å². The van der Waals surface area contributed by atoms with Crippen LogP contribution in [-0.4, -0.2) is 67.4 Å². The van der Waals surface area contributed by atoms with Gasteiger partial charge in [-0.3, -0.25) is 18.1 Å². The van der Waals surface area contributed by atoms with E-state index in [0.717, 1.165) is 0 Å². The van der Waals surface area contributed by atoms with E-state index in [-0.39, 0.29) is 23.4 Å². The maximum absolute atomic E-state index is 13.0. The van der Waals surface area contributed by atoms with Crippen molar-refractivity contribution in [1.82, 2.24) is 19.5 Å². The number of halogens is 1. The lowest BCUT2D eigenvalue weighted by molar-refractivity contribution is -0.0616. The SMILES string of the molecule is CC(C)OP(=O)(OC[C@H]1O[C@@H](n2cnc3c(N)nc(Cl)nc32)[C@@](C)(CO)C1O)OC(C)C. The number of nitrogen functional groups attached to an aromatic ring is 1. The first-order chi connectivity index (χ1) is 14.9. The van der Waals surface area contributed by atoms with E-state index in [1.54, 1.807) is 34.6 Å². The summed E-state index contributed by atoms with van der Waals surface area (Å²) in [4.78, 5) is 12.2. The summed E-state index contributed by atoms with van der Waals surface area (Å²) in [6, 6.07) is 0. The minimum atomic E-state index is -3.92. The summed E-state index contributed by atoms with van der Waals surface area (Å²) in [5.41, 5.74) is 5.26. The van der Waals surface area contributed by atoms with Gasteiger partial charge >= 0.3 is 7.82 Å². The Bertz CT molecular complexity index is 991. The number of phosphoric ester groups is 1. The van der Waals surface area contributed by atoms with E-state index >= 15 is 0 Å². The molecule has 0 aromatic carbocycles. The van der Waals surface area contributed by atoms with Gasteiger partial charge in [0, 0.05) is 0 Å². The van der Waals surface area contributed by atoms with Crippen molar-refractivity contribution in [1.29, 1.82) is 0 Å². The summed E-state index contributed by atoms with van der Waals surface area (Å²) in [7, 11) is -3.92. The van der Waals surface area contributed by atoms with E-state index in [1.807, 2.05) is 0 Å². The van der Waals surface area contributed by atoms with Crippen LogP contribution in [0.4, 0.5) is 5.82 Å². The summed E-state index contributed by atoms with van der Waals surface area (Å²) >= 11 is 5.94. The Morgan fingerprint density at radius 2 is 1.94 bits per heavy atom. The van der Waals surface area contributed by atoms with Gasteiger partial charge in [0.1, 0.15) is 17.8 Å². The number of aliphatic hydroxyl groups excluding tert-OH is 2. The number of aromatic nitrogens is 4. The summed E-state index contributed by atoms with van der Waals surface area (Å²) in [5, 5.41) is 21.0. The monoisotopic (exact) mass is 493 g/mol. The molecule has 1 fully saturated rings. The predicted octanol–water partition coefficient (Wildman–Crippen LogP) is 2.29. The Balaban J connectivity index is 1.88. The van der Waals surface area contributed by atoms with Crippen LogP contribution in [0.5, 0.6) is 0 Å². The highest BCUT2D eigenvalue weighted by molar-refractivity contribution is 7.48. The molecule has 0 bridgehead atoms. The van der Waals surface area contributed by atoms with Crippen LogP contribution >= 0.6 is 19.4 Å². The fraction of sp³-hybridized carbons (Fsp3) is 0.722.